The average Bonchev–Trinajstić information content (AvgIpc) is 2.92. The van der Waals surface area contributed by atoms with Crippen LogP contribution in [0.2, 0.25) is 0 Å². The third-order valence-electron chi connectivity index (χ3n) is 4.47. The number of nitrogens with two attached hydrogens (primary N) is 1. The van der Waals surface area contributed by atoms with E-state index in [2.05, 4.69) is 10.6 Å². The molecule has 1 aliphatic carbocycles. The Morgan fingerprint density at radius 3 is 2.83 bits per heavy atom. The molecule has 0 bridgehead atoms. The van der Waals surface area contributed by atoms with Gasteiger partial charge in [0.05, 0.1) is 5.56 Å². The third kappa shape index (κ3) is 3.29. The fourth-order valence-electron chi connectivity index (χ4n) is 3.15. The molecule has 0 aromatic heterocycles. The molecular weight excluding hydrogens is 299 g/mol. The van der Waals surface area contributed by atoms with Crippen molar-refractivity contribution in [3.05, 3.63) is 29.6 Å². The predicted octanol–water partition coefficient (Wildman–Crippen LogP) is 1.35. The highest BCUT2D eigenvalue weighted by atomic mass is 19.1. The zero-order valence-corrected chi connectivity index (χ0v) is 12.8. The van der Waals surface area contributed by atoms with E-state index in [9.17, 15) is 14.0 Å². The van der Waals surface area contributed by atoms with Gasteiger partial charge in [-0.15, -0.1) is 0 Å². The summed E-state index contributed by atoms with van der Waals surface area (Å²) in [5.41, 5.74) is 6.35. The zero-order chi connectivity index (χ0) is 16.4. The Morgan fingerprint density at radius 2 is 2.17 bits per heavy atom. The summed E-state index contributed by atoms with van der Waals surface area (Å²) in [6, 6.07) is 3.83. The number of nitrogens with one attached hydrogen (secondary N) is 2. The zero-order valence-electron chi connectivity index (χ0n) is 12.8. The molecule has 1 aromatic carbocycles. The highest BCUT2D eigenvalue weighted by Gasteiger charge is 2.27. The maximum absolute atomic E-state index is 14.3. The van der Waals surface area contributed by atoms with Crippen LogP contribution in [0.5, 0.6) is 0 Å². The van der Waals surface area contributed by atoms with Gasteiger partial charge in [-0.1, -0.05) is 0 Å². The van der Waals surface area contributed by atoms with Crippen molar-refractivity contribution < 1.29 is 14.0 Å². The van der Waals surface area contributed by atoms with Crippen molar-refractivity contribution in [1.82, 2.24) is 10.6 Å². The van der Waals surface area contributed by atoms with Gasteiger partial charge in [0.2, 0.25) is 0 Å². The molecule has 1 saturated carbocycles. The largest absolute Gasteiger partial charge is 0.348 e. The van der Waals surface area contributed by atoms with Gasteiger partial charge in [-0.3, -0.25) is 9.69 Å². The fourth-order valence-corrected chi connectivity index (χ4v) is 3.15. The summed E-state index contributed by atoms with van der Waals surface area (Å²) < 4.78 is 14.3. The maximum Gasteiger partial charge on any atom is 0.321 e. The highest BCUT2D eigenvalue weighted by molar-refractivity contribution is 5.96. The SMILES string of the molecule is NC1CCCC1NC(=O)c1ccc(N2CCCNC2=O)cc1F. The van der Waals surface area contributed by atoms with Gasteiger partial charge in [-0.2, -0.15) is 0 Å². The monoisotopic (exact) mass is 320 g/mol. The second-order valence-corrected chi connectivity index (χ2v) is 6.08. The molecule has 6 nitrogen and oxygen atoms in total. The van der Waals surface area contributed by atoms with Crippen LogP contribution in [-0.4, -0.2) is 37.1 Å². The van der Waals surface area contributed by atoms with E-state index in [0.29, 0.717) is 18.8 Å². The molecule has 3 amide bonds. The average molecular weight is 320 g/mol. The minimum absolute atomic E-state index is 0.0229. The van der Waals surface area contributed by atoms with Crippen molar-refractivity contribution in [2.24, 2.45) is 5.73 Å². The van der Waals surface area contributed by atoms with Crippen LogP contribution in [0.1, 0.15) is 36.0 Å². The molecule has 1 aliphatic heterocycles. The van der Waals surface area contributed by atoms with Crippen molar-refractivity contribution in [2.45, 2.75) is 37.8 Å². The number of hydrogen-bond donors (Lipinski definition) is 3. The Hall–Kier alpha value is -2.15. The Kier molecular flexibility index (Phi) is 4.47. The number of amides is 3. The lowest BCUT2D eigenvalue weighted by molar-refractivity contribution is 0.0930. The molecule has 4 N–H and O–H groups in total. The molecule has 0 radical (unpaired) electrons. The van der Waals surface area contributed by atoms with Crippen LogP contribution in [0, 0.1) is 5.82 Å². The molecule has 3 rings (SSSR count). The molecule has 124 valence electrons. The smallest absolute Gasteiger partial charge is 0.321 e. The number of carbonyl (C=O) groups is 2. The summed E-state index contributed by atoms with van der Waals surface area (Å²) in [5.74, 6) is -1.09. The number of rotatable bonds is 3. The molecular formula is C16H21FN4O2. The van der Waals surface area contributed by atoms with E-state index in [-0.39, 0.29) is 23.7 Å². The second kappa shape index (κ2) is 6.54. The van der Waals surface area contributed by atoms with Crippen molar-refractivity contribution in [3.63, 3.8) is 0 Å². The van der Waals surface area contributed by atoms with E-state index >= 15 is 0 Å². The molecule has 2 unspecified atom stereocenters. The van der Waals surface area contributed by atoms with Gasteiger partial charge in [0.25, 0.3) is 5.91 Å². The van der Waals surface area contributed by atoms with E-state index < -0.39 is 11.7 Å². The lowest BCUT2D eigenvalue weighted by Crippen LogP contribution is -2.46. The van der Waals surface area contributed by atoms with E-state index in [1.54, 1.807) is 6.07 Å². The first kappa shape index (κ1) is 15.7. The molecule has 0 spiro atoms. The number of anilines is 1. The second-order valence-electron chi connectivity index (χ2n) is 6.08. The van der Waals surface area contributed by atoms with Gasteiger partial charge < -0.3 is 16.4 Å². The van der Waals surface area contributed by atoms with Gasteiger partial charge >= 0.3 is 6.03 Å². The summed E-state index contributed by atoms with van der Waals surface area (Å²) in [7, 11) is 0. The maximum atomic E-state index is 14.3. The Morgan fingerprint density at radius 1 is 1.35 bits per heavy atom. The summed E-state index contributed by atoms with van der Waals surface area (Å²) in [4.78, 5) is 25.5. The Balaban J connectivity index is 1.73. The van der Waals surface area contributed by atoms with Gasteiger partial charge in [-0.05, 0) is 43.9 Å². The van der Waals surface area contributed by atoms with Gasteiger partial charge in [0.15, 0.2) is 0 Å². The van der Waals surface area contributed by atoms with Crippen molar-refractivity contribution in [2.75, 3.05) is 18.0 Å². The van der Waals surface area contributed by atoms with Crippen molar-refractivity contribution in [1.29, 1.82) is 0 Å². The first-order valence-electron chi connectivity index (χ1n) is 7.97. The number of hydrogen-bond acceptors (Lipinski definition) is 3. The molecule has 2 atom stereocenters. The van der Waals surface area contributed by atoms with Gasteiger partial charge in [-0.25, -0.2) is 9.18 Å². The van der Waals surface area contributed by atoms with Crippen LogP contribution in [-0.2, 0) is 0 Å². The van der Waals surface area contributed by atoms with Crippen LogP contribution in [0.15, 0.2) is 18.2 Å². The molecule has 2 aliphatic rings. The first-order chi connectivity index (χ1) is 11.1. The summed E-state index contributed by atoms with van der Waals surface area (Å²) in [6.45, 7) is 1.16. The lowest BCUT2D eigenvalue weighted by Gasteiger charge is -2.27. The van der Waals surface area contributed by atoms with Crippen LogP contribution >= 0.6 is 0 Å². The number of nitrogens with zero attached hydrogens (tertiary/aromatic N) is 1. The van der Waals surface area contributed by atoms with Gasteiger partial charge in [0.1, 0.15) is 5.82 Å². The standard InChI is InChI=1S/C16H21FN4O2/c17-12-9-10(21-8-2-7-19-16(21)23)5-6-11(12)15(22)20-14-4-1-3-13(14)18/h5-6,9,13-14H,1-4,7-8,18H2,(H,19,23)(H,20,22). The quantitative estimate of drug-likeness (QED) is 0.786. The van der Waals surface area contributed by atoms with E-state index in [1.807, 2.05) is 0 Å². The first-order valence-corrected chi connectivity index (χ1v) is 7.97. The molecule has 23 heavy (non-hydrogen) atoms. The summed E-state index contributed by atoms with van der Waals surface area (Å²) in [6.07, 6.45) is 3.46. The van der Waals surface area contributed by atoms with E-state index in [1.165, 1.54) is 17.0 Å². The normalized spacial score (nSPS) is 24.4. The number of carbonyl (C=O) groups excluding carboxylic acids is 2. The number of halogens is 1. The lowest BCUT2D eigenvalue weighted by atomic mass is 10.1. The van der Waals surface area contributed by atoms with E-state index in [0.717, 1.165) is 25.7 Å². The van der Waals surface area contributed by atoms with Gasteiger partial charge in [0, 0.05) is 30.9 Å². The molecule has 1 aromatic rings. The topological polar surface area (TPSA) is 87.5 Å². The minimum atomic E-state index is -0.634. The van der Waals surface area contributed by atoms with Crippen molar-refractivity contribution >= 4 is 17.6 Å². The predicted molar refractivity (Wildman–Crippen MR) is 84.8 cm³/mol. The molecule has 2 fully saturated rings. The van der Waals surface area contributed by atoms with Crippen LogP contribution in [0.3, 0.4) is 0 Å². The minimum Gasteiger partial charge on any atom is -0.348 e. The van der Waals surface area contributed by atoms with E-state index in [4.69, 9.17) is 5.73 Å². The Labute approximate surface area is 134 Å². The molecule has 1 heterocycles. The van der Waals surface area contributed by atoms with Crippen LogP contribution in [0.25, 0.3) is 0 Å². The summed E-state index contributed by atoms with van der Waals surface area (Å²) in [5, 5.41) is 5.51. The van der Waals surface area contributed by atoms with Crippen LogP contribution < -0.4 is 21.3 Å². The summed E-state index contributed by atoms with van der Waals surface area (Å²) >= 11 is 0. The Bertz CT molecular complexity index is 622. The number of urea groups is 1. The van der Waals surface area contributed by atoms with Crippen LogP contribution in [0.4, 0.5) is 14.9 Å². The highest BCUT2D eigenvalue weighted by Crippen LogP contribution is 2.22. The third-order valence-corrected chi connectivity index (χ3v) is 4.47. The molecule has 7 heteroatoms. The fraction of sp³-hybridized carbons (Fsp3) is 0.500. The van der Waals surface area contributed by atoms with Crippen molar-refractivity contribution in [3.8, 4) is 0 Å². The molecule has 1 saturated heterocycles. The number of benzene rings is 1.